The van der Waals surface area contributed by atoms with Gasteiger partial charge >= 0.3 is 0 Å². The van der Waals surface area contributed by atoms with Gasteiger partial charge in [0, 0.05) is 17.7 Å². The lowest BCUT2D eigenvalue weighted by Gasteiger charge is -2.23. The van der Waals surface area contributed by atoms with Crippen molar-refractivity contribution in [3.63, 3.8) is 0 Å². The van der Waals surface area contributed by atoms with Crippen LogP contribution in [0.25, 0.3) is 10.6 Å². The molecule has 0 radical (unpaired) electrons. The van der Waals surface area contributed by atoms with Gasteiger partial charge in [0.25, 0.3) is 5.91 Å². The first-order valence-electron chi connectivity index (χ1n) is 10.9. The van der Waals surface area contributed by atoms with E-state index in [2.05, 4.69) is 22.4 Å². The minimum atomic E-state index is -0.521. The van der Waals surface area contributed by atoms with Crippen LogP contribution in [0.5, 0.6) is 5.75 Å². The van der Waals surface area contributed by atoms with E-state index in [1.54, 1.807) is 29.2 Å². The fraction of sp³-hybridized carbons (Fsp3) is 0.333. The Morgan fingerprint density at radius 1 is 1.12 bits per heavy atom. The van der Waals surface area contributed by atoms with Crippen molar-refractivity contribution in [1.82, 2.24) is 15.1 Å². The van der Waals surface area contributed by atoms with Crippen LogP contribution in [0.15, 0.2) is 54.6 Å². The van der Waals surface area contributed by atoms with E-state index in [4.69, 9.17) is 4.74 Å². The second-order valence-corrected chi connectivity index (χ2v) is 8.63. The van der Waals surface area contributed by atoms with Crippen LogP contribution in [0.4, 0.5) is 5.13 Å². The average molecular weight is 451 g/mol. The highest BCUT2D eigenvalue weighted by Gasteiger charge is 2.35. The Morgan fingerprint density at radius 2 is 1.91 bits per heavy atom. The number of likely N-dealkylation sites (tertiary alicyclic amines) is 1. The number of anilines is 1. The van der Waals surface area contributed by atoms with Gasteiger partial charge in [-0.05, 0) is 43.5 Å². The van der Waals surface area contributed by atoms with Crippen molar-refractivity contribution in [3.8, 4) is 16.3 Å². The molecule has 1 fully saturated rings. The van der Waals surface area contributed by atoms with Crippen molar-refractivity contribution >= 4 is 28.3 Å². The van der Waals surface area contributed by atoms with E-state index in [-0.39, 0.29) is 11.8 Å². The van der Waals surface area contributed by atoms with Crippen LogP contribution in [0, 0.1) is 0 Å². The van der Waals surface area contributed by atoms with Crippen LogP contribution in [-0.4, -0.2) is 46.1 Å². The summed E-state index contributed by atoms with van der Waals surface area (Å²) in [5, 5.41) is 12.3. The summed E-state index contributed by atoms with van der Waals surface area (Å²) in [6.45, 7) is 3.33. The largest absolute Gasteiger partial charge is 0.494 e. The minimum Gasteiger partial charge on any atom is -0.494 e. The van der Waals surface area contributed by atoms with Gasteiger partial charge in [-0.3, -0.25) is 14.9 Å². The number of hydrogen-bond acceptors (Lipinski definition) is 6. The Hall–Kier alpha value is -3.26. The highest BCUT2D eigenvalue weighted by atomic mass is 32.1. The lowest BCUT2D eigenvalue weighted by Crippen LogP contribution is -2.43. The number of benzene rings is 2. The molecule has 32 heavy (non-hydrogen) atoms. The number of carbonyl (C=O) groups excluding carboxylic acids is 2. The molecule has 1 aromatic heterocycles. The lowest BCUT2D eigenvalue weighted by atomic mass is 10.1. The fourth-order valence-electron chi connectivity index (χ4n) is 3.64. The molecule has 1 unspecified atom stereocenters. The number of amides is 2. The number of unbranched alkanes of at least 4 members (excludes halogenated alkanes) is 1. The minimum absolute atomic E-state index is 0.148. The highest BCUT2D eigenvalue weighted by molar-refractivity contribution is 7.18. The third-order valence-electron chi connectivity index (χ3n) is 5.36. The van der Waals surface area contributed by atoms with Crippen LogP contribution in [-0.2, 0) is 4.79 Å². The molecule has 2 aromatic carbocycles. The number of hydrogen-bond donors (Lipinski definition) is 1. The molecule has 2 heterocycles. The van der Waals surface area contributed by atoms with Gasteiger partial charge in [0.1, 0.15) is 16.8 Å². The molecule has 3 aromatic rings. The molecule has 2 amide bonds. The first-order chi connectivity index (χ1) is 15.7. The van der Waals surface area contributed by atoms with Crippen molar-refractivity contribution in [3.05, 3.63) is 60.2 Å². The number of nitrogens with zero attached hydrogens (tertiary/aromatic N) is 3. The first kappa shape index (κ1) is 22.0. The summed E-state index contributed by atoms with van der Waals surface area (Å²) >= 11 is 1.32. The quantitative estimate of drug-likeness (QED) is 0.506. The van der Waals surface area contributed by atoms with Crippen molar-refractivity contribution in [2.45, 2.75) is 38.6 Å². The molecular weight excluding hydrogens is 424 g/mol. The zero-order chi connectivity index (χ0) is 22.3. The molecule has 1 aliphatic heterocycles. The predicted octanol–water partition coefficient (Wildman–Crippen LogP) is 4.63. The monoisotopic (exact) mass is 450 g/mol. The Morgan fingerprint density at radius 3 is 2.66 bits per heavy atom. The third-order valence-corrected chi connectivity index (χ3v) is 6.25. The molecule has 166 valence electrons. The van der Waals surface area contributed by atoms with Gasteiger partial charge in [0.2, 0.25) is 11.0 Å². The van der Waals surface area contributed by atoms with E-state index in [1.165, 1.54) is 11.3 Å². The zero-order valence-electron chi connectivity index (χ0n) is 18.0. The predicted molar refractivity (Wildman–Crippen MR) is 125 cm³/mol. The van der Waals surface area contributed by atoms with Crippen LogP contribution in [0.1, 0.15) is 43.0 Å². The molecule has 8 heteroatoms. The van der Waals surface area contributed by atoms with Crippen molar-refractivity contribution < 1.29 is 14.3 Å². The maximum absolute atomic E-state index is 13.1. The van der Waals surface area contributed by atoms with E-state index >= 15 is 0 Å². The summed E-state index contributed by atoms with van der Waals surface area (Å²) < 4.78 is 5.67. The Labute approximate surface area is 191 Å². The molecule has 1 N–H and O–H groups in total. The molecule has 1 saturated heterocycles. The molecule has 0 bridgehead atoms. The van der Waals surface area contributed by atoms with Crippen molar-refractivity contribution in [2.24, 2.45) is 0 Å². The SMILES string of the molecule is CCCCOc1ccc(C(=O)N2CCCC2C(=O)Nc2nnc(-c3ccccc3)s2)cc1. The van der Waals surface area contributed by atoms with E-state index in [0.29, 0.717) is 30.3 Å². The molecular formula is C24H26N4O3S. The maximum Gasteiger partial charge on any atom is 0.254 e. The van der Waals surface area contributed by atoms with Gasteiger partial charge in [0.15, 0.2) is 0 Å². The van der Waals surface area contributed by atoms with Crippen LogP contribution in [0.3, 0.4) is 0 Å². The highest BCUT2D eigenvalue weighted by Crippen LogP contribution is 2.27. The smallest absolute Gasteiger partial charge is 0.254 e. The topological polar surface area (TPSA) is 84.4 Å². The van der Waals surface area contributed by atoms with Crippen LogP contribution in [0.2, 0.25) is 0 Å². The van der Waals surface area contributed by atoms with Gasteiger partial charge in [-0.2, -0.15) is 0 Å². The van der Waals surface area contributed by atoms with Gasteiger partial charge < -0.3 is 9.64 Å². The van der Waals surface area contributed by atoms with E-state index < -0.39 is 6.04 Å². The summed E-state index contributed by atoms with van der Waals surface area (Å²) in [6.07, 6.45) is 3.47. The van der Waals surface area contributed by atoms with Gasteiger partial charge in [-0.15, -0.1) is 10.2 Å². The molecule has 1 aliphatic rings. The molecule has 1 atom stereocenters. The molecule has 4 rings (SSSR count). The number of nitrogens with one attached hydrogen (secondary N) is 1. The molecule has 0 saturated carbocycles. The lowest BCUT2D eigenvalue weighted by molar-refractivity contribution is -0.119. The summed E-state index contributed by atoms with van der Waals surface area (Å²) in [6, 6.07) is 16.3. The van der Waals surface area contributed by atoms with Gasteiger partial charge in [-0.1, -0.05) is 55.0 Å². The Bertz CT molecular complexity index is 1050. The fourth-order valence-corrected chi connectivity index (χ4v) is 4.39. The van der Waals surface area contributed by atoms with E-state index in [1.807, 2.05) is 30.3 Å². The Kier molecular flexibility index (Phi) is 7.11. The standard InChI is InChI=1S/C24H26N4O3S/c1-2-3-16-31-19-13-11-18(12-14-19)23(30)28-15-7-10-20(28)21(29)25-24-27-26-22(32-24)17-8-5-4-6-9-17/h4-6,8-9,11-14,20H,2-3,7,10,15-16H2,1H3,(H,25,27,29). The maximum atomic E-state index is 13.1. The number of aromatic nitrogens is 2. The molecule has 0 aliphatic carbocycles. The summed E-state index contributed by atoms with van der Waals surface area (Å²) in [5.41, 5.74) is 1.50. The van der Waals surface area contributed by atoms with E-state index in [9.17, 15) is 9.59 Å². The molecule has 0 spiro atoms. The summed E-state index contributed by atoms with van der Waals surface area (Å²) in [7, 11) is 0. The second-order valence-electron chi connectivity index (χ2n) is 7.65. The zero-order valence-corrected chi connectivity index (χ0v) is 18.8. The summed E-state index contributed by atoms with van der Waals surface area (Å²) in [4.78, 5) is 27.6. The van der Waals surface area contributed by atoms with Crippen LogP contribution < -0.4 is 10.1 Å². The number of rotatable bonds is 8. The molecule has 7 nitrogen and oxygen atoms in total. The third kappa shape index (κ3) is 5.13. The number of ether oxygens (including phenoxy) is 1. The Balaban J connectivity index is 1.39. The van der Waals surface area contributed by atoms with Crippen molar-refractivity contribution in [1.29, 1.82) is 0 Å². The van der Waals surface area contributed by atoms with Gasteiger partial charge in [-0.25, -0.2) is 0 Å². The van der Waals surface area contributed by atoms with Gasteiger partial charge in [0.05, 0.1) is 6.61 Å². The average Bonchev–Trinajstić information content (AvgIpc) is 3.50. The second kappa shape index (κ2) is 10.4. The van der Waals surface area contributed by atoms with Crippen LogP contribution >= 0.6 is 11.3 Å². The summed E-state index contributed by atoms with van der Waals surface area (Å²) in [5.74, 6) is 0.368. The van der Waals surface area contributed by atoms with Crippen molar-refractivity contribution in [2.75, 3.05) is 18.5 Å². The number of carbonyl (C=O) groups is 2. The normalized spacial score (nSPS) is 15.5. The van der Waals surface area contributed by atoms with E-state index in [0.717, 1.165) is 35.6 Å². The first-order valence-corrected chi connectivity index (χ1v) is 11.7.